The molecule has 2 N–H and O–H groups in total. The van der Waals surface area contributed by atoms with Gasteiger partial charge in [0.25, 0.3) is 0 Å². The molecular formula is C19H19ClFN5OS2. The van der Waals surface area contributed by atoms with Gasteiger partial charge in [0.15, 0.2) is 0 Å². The van der Waals surface area contributed by atoms with E-state index in [0.717, 1.165) is 15.4 Å². The third-order valence-electron chi connectivity index (χ3n) is 4.66. The van der Waals surface area contributed by atoms with E-state index < -0.39 is 5.82 Å². The van der Waals surface area contributed by atoms with Gasteiger partial charge in [-0.1, -0.05) is 11.6 Å². The van der Waals surface area contributed by atoms with E-state index in [1.165, 1.54) is 30.3 Å². The van der Waals surface area contributed by atoms with Crippen LogP contribution >= 0.6 is 35.1 Å². The average Bonchev–Trinajstić information content (AvgIpc) is 3.34. The summed E-state index contributed by atoms with van der Waals surface area (Å²) < 4.78 is 20.4. The van der Waals surface area contributed by atoms with Gasteiger partial charge in [-0.15, -0.1) is 11.3 Å². The van der Waals surface area contributed by atoms with Crippen LogP contribution in [0.4, 0.5) is 10.1 Å². The highest BCUT2D eigenvalue weighted by atomic mass is 35.5. The van der Waals surface area contributed by atoms with Gasteiger partial charge in [0, 0.05) is 35.9 Å². The average molecular weight is 452 g/mol. The number of anilines is 1. The lowest BCUT2D eigenvalue weighted by Crippen LogP contribution is -2.45. The summed E-state index contributed by atoms with van der Waals surface area (Å²) in [6.45, 7) is 0. The summed E-state index contributed by atoms with van der Waals surface area (Å²) in [5, 5.41) is 7.26. The van der Waals surface area contributed by atoms with Gasteiger partial charge in [-0.25, -0.2) is 13.4 Å². The smallest absolute Gasteiger partial charge is 0.242 e. The SMILES string of the molecule is CN1SN[C@H](c2ccc(-c3ccn(C)n3)s2)C[C@@H]1C(=O)Nc1ccc(F)c(Cl)c1. The second kappa shape index (κ2) is 8.45. The maximum absolute atomic E-state index is 13.3. The molecule has 4 rings (SSSR count). The lowest BCUT2D eigenvalue weighted by molar-refractivity contribution is -0.119. The number of rotatable bonds is 4. The van der Waals surface area contributed by atoms with Crippen LogP contribution in [0.1, 0.15) is 17.3 Å². The van der Waals surface area contributed by atoms with Crippen molar-refractivity contribution in [2.45, 2.75) is 18.5 Å². The minimum atomic E-state index is -0.513. The van der Waals surface area contributed by atoms with Crippen LogP contribution in [0.5, 0.6) is 0 Å². The van der Waals surface area contributed by atoms with Crippen molar-refractivity contribution in [2.24, 2.45) is 7.05 Å². The van der Waals surface area contributed by atoms with Gasteiger partial charge in [0.1, 0.15) is 17.6 Å². The summed E-state index contributed by atoms with van der Waals surface area (Å²) in [5.74, 6) is -0.670. The Bertz CT molecular complexity index is 1040. The number of likely N-dealkylation sites (N-methyl/N-ethyl adjacent to an activating group) is 1. The number of carbonyl (C=O) groups is 1. The number of nitrogens with zero attached hydrogens (tertiary/aromatic N) is 3. The molecule has 0 bridgehead atoms. The molecule has 1 saturated heterocycles. The zero-order valence-electron chi connectivity index (χ0n) is 15.7. The number of carbonyl (C=O) groups excluding carboxylic acids is 1. The molecule has 0 aliphatic carbocycles. The van der Waals surface area contributed by atoms with E-state index in [1.54, 1.807) is 16.0 Å². The third kappa shape index (κ3) is 4.49. The maximum Gasteiger partial charge on any atom is 0.242 e. The van der Waals surface area contributed by atoms with E-state index in [-0.39, 0.29) is 23.0 Å². The van der Waals surface area contributed by atoms with Gasteiger partial charge in [-0.3, -0.25) is 9.48 Å². The molecule has 1 aliphatic rings. The Balaban J connectivity index is 1.47. The molecule has 1 aliphatic heterocycles. The maximum atomic E-state index is 13.3. The third-order valence-corrected chi connectivity index (χ3v) is 7.11. The normalized spacial score (nSPS) is 20.0. The largest absolute Gasteiger partial charge is 0.325 e. The Labute approximate surface area is 181 Å². The van der Waals surface area contributed by atoms with Crippen LogP contribution in [0, 0.1) is 5.82 Å². The number of halogens is 2. The highest BCUT2D eigenvalue weighted by Crippen LogP contribution is 2.37. The van der Waals surface area contributed by atoms with Crippen LogP contribution in [0.3, 0.4) is 0 Å². The summed E-state index contributed by atoms with van der Waals surface area (Å²) in [7, 11) is 3.76. The van der Waals surface area contributed by atoms with E-state index in [9.17, 15) is 9.18 Å². The van der Waals surface area contributed by atoms with Crippen molar-refractivity contribution in [3.8, 4) is 10.6 Å². The van der Waals surface area contributed by atoms with Crippen molar-refractivity contribution < 1.29 is 9.18 Å². The molecule has 1 fully saturated rings. The number of thiophene rings is 1. The van der Waals surface area contributed by atoms with Gasteiger partial charge >= 0.3 is 0 Å². The molecule has 1 aromatic carbocycles. The van der Waals surface area contributed by atoms with Gasteiger partial charge in [0.2, 0.25) is 5.91 Å². The Kier molecular flexibility index (Phi) is 5.93. The highest BCUT2D eigenvalue weighted by Gasteiger charge is 2.33. The molecule has 3 aromatic rings. The minimum absolute atomic E-state index is 0.0191. The summed E-state index contributed by atoms with van der Waals surface area (Å²) >= 11 is 8.89. The van der Waals surface area contributed by atoms with Crippen LogP contribution in [-0.2, 0) is 11.8 Å². The highest BCUT2D eigenvalue weighted by molar-refractivity contribution is 7.95. The summed E-state index contributed by atoms with van der Waals surface area (Å²) in [6.07, 6.45) is 2.52. The molecule has 10 heteroatoms. The second-order valence-corrected chi connectivity index (χ2v) is 9.27. The molecule has 2 atom stereocenters. The molecule has 0 spiro atoms. The zero-order valence-corrected chi connectivity index (χ0v) is 18.1. The van der Waals surface area contributed by atoms with Gasteiger partial charge in [-0.05, 0) is 49.9 Å². The second-order valence-electron chi connectivity index (χ2n) is 6.75. The van der Waals surface area contributed by atoms with Gasteiger partial charge in [-0.2, -0.15) is 5.10 Å². The van der Waals surface area contributed by atoms with Crippen LogP contribution in [0.15, 0.2) is 42.6 Å². The van der Waals surface area contributed by atoms with E-state index in [0.29, 0.717) is 12.1 Å². The number of nitrogens with one attached hydrogen (secondary N) is 2. The molecule has 152 valence electrons. The Hall–Kier alpha value is -1.91. The van der Waals surface area contributed by atoms with Gasteiger partial charge < -0.3 is 5.32 Å². The molecule has 2 aromatic heterocycles. The first-order valence-corrected chi connectivity index (χ1v) is 10.9. The Morgan fingerprint density at radius 2 is 2.14 bits per heavy atom. The summed E-state index contributed by atoms with van der Waals surface area (Å²) in [6, 6.07) is 9.96. The Morgan fingerprint density at radius 1 is 1.31 bits per heavy atom. The summed E-state index contributed by atoms with van der Waals surface area (Å²) in [4.78, 5) is 15.1. The number of amides is 1. The van der Waals surface area contributed by atoms with Crippen LogP contribution in [0.25, 0.3) is 10.6 Å². The zero-order chi connectivity index (χ0) is 20.5. The van der Waals surface area contributed by atoms with E-state index in [4.69, 9.17) is 11.6 Å². The molecule has 0 radical (unpaired) electrons. The van der Waals surface area contributed by atoms with E-state index in [2.05, 4.69) is 27.3 Å². The molecular weight excluding hydrogens is 433 g/mol. The number of benzene rings is 1. The van der Waals surface area contributed by atoms with Gasteiger partial charge in [0.05, 0.1) is 15.9 Å². The molecule has 0 saturated carbocycles. The number of hydrogen-bond acceptors (Lipinski definition) is 6. The first-order chi connectivity index (χ1) is 13.9. The fourth-order valence-corrected chi connectivity index (χ4v) is 5.22. The molecule has 6 nitrogen and oxygen atoms in total. The first kappa shape index (κ1) is 20.4. The standard InChI is InChI=1S/C19H19ClFN5OS2/c1-25-8-7-14(23-25)17-5-6-18(28-17)15-10-16(26(2)29-24-15)19(27)22-11-3-4-13(21)12(20)9-11/h3-9,15-16,24H,10H2,1-2H3,(H,22,27)/t15-,16+/m0/s1. The summed E-state index contributed by atoms with van der Waals surface area (Å²) in [5.41, 5.74) is 1.41. The Morgan fingerprint density at radius 3 is 2.86 bits per heavy atom. The van der Waals surface area contributed by atoms with E-state index >= 15 is 0 Å². The topological polar surface area (TPSA) is 62.2 Å². The van der Waals surface area contributed by atoms with Crippen molar-refractivity contribution in [3.63, 3.8) is 0 Å². The monoisotopic (exact) mass is 451 g/mol. The minimum Gasteiger partial charge on any atom is -0.325 e. The number of aromatic nitrogens is 2. The lowest BCUT2D eigenvalue weighted by Gasteiger charge is -2.35. The quantitative estimate of drug-likeness (QED) is 0.573. The van der Waals surface area contributed by atoms with Crippen molar-refractivity contribution in [3.05, 3.63) is 58.3 Å². The van der Waals surface area contributed by atoms with Crippen molar-refractivity contribution >= 4 is 46.7 Å². The lowest BCUT2D eigenvalue weighted by atomic mass is 10.1. The van der Waals surface area contributed by atoms with Crippen molar-refractivity contribution in [2.75, 3.05) is 12.4 Å². The van der Waals surface area contributed by atoms with Crippen molar-refractivity contribution in [1.82, 2.24) is 18.8 Å². The van der Waals surface area contributed by atoms with Crippen LogP contribution in [-0.4, -0.2) is 33.1 Å². The molecule has 29 heavy (non-hydrogen) atoms. The molecule has 1 amide bonds. The van der Waals surface area contributed by atoms with Crippen LogP contribution in [0.2, 0.25) is 5.02 Å². The molecule has 3 heterocycles. The predicted octanol–water partition coefficient (Wildman–Crippen LogP) is 4.48. The van der Waals surface area contributed by atoms with E-state index in [1.807, 2.05) is 30.7 Å². The number of hydrogen-bond donors (Lipinski definition) is 2. The fraction of sp³-hybridized carbons (Fsp3) is 0.263. The van der Waals surface area contributed by atoms with Crippen LogP contribution < -0.4 is 10.0 Å². The predicted molar refractivity (Wildman–Crippen MR) is 116 cm³/mol. The van der Waals surface area contributed by atoms with Crippen molar-refractivity contribution in [1.29, 1.82) is 0 Å². The number of aryl methyl sites for hydroxylation is 1. The fourth-order valence-electron chi connectivity index (χ4n) is 3.10. The first-order valence-electron chi connectivity index (χ1n) is 8.91. The molecule has 0 unspecified atom stereocenters.